The molecule has 186 valence electrons. The average Bonchev–Trinajstić information content (AvgIpc) is 3.24. The molecule has 1 saturated heterocycles. The Morgan fingerprint density at radius 3 is 2.44 bits per heavy atom. The van der Waals surface area contributed by atoms with Crippen molar-refractivity contribution < 1.29 is 23.9 Å². The minimum Gasteiger partial charge on any atom is -0.457 e. The molecule has 1 fully saturated rings. The summed E-state index contributed by atoms with van der Waals surface area (Å²) in [7, 11) is 0. The molecule has 0 aromatic heterocycles. The number of carbonyl (C=O) groups excluding carboxylic acids is 3. The van der Waals surface area contributed by atoms with E-state index in [1.54, 1.807) is 42.5 Å². The molecule has 1 aliphatic rings. The second kappa shape index (κ2) is 11.1. The number of carbonyl (C=O) groups is 3. The highest BCUT2D eigenvalue weighted by Gasteiger charge is 2.36. The van der Waals surface area contributed by atoms with Crippen molar-refractivity contribution in [3.8, 4) is 11.5 Å². The fourth-order valence-electron chi connectivity index (χ4n) is 3.75. The van der Waals surface area contributed by atoms with Crippen molar-refractivity contribution in [2.24, 2.45) is 5.92 Å². The van der Waals surface area contributed by atoms with Crippen molar-refractivity contribution in [3.05, 3.63) is 81.3 Å². The van der Waals surface area contributed by atoms with Crippen molar-refractivity contribution in [3.63, 3.8) is 0 Å². The van der Waals surface area contributed by atoms with E-state index < -0.39 is 24.4 Å². The maximum absolute atomic E-state index is 12.6. The van der Waals surface area contributed by atoms with Gasteiger partial charge >= 0.3 is 5.97 Å². The smallest absolute Gasteiger partial charge is 0.311 e. The van der Waals surface area contributed by atoms with Crippen LogP contribution in [-0.2, 0) is 19.1 Å². The summed E-state index contributed by atoms with van der Waals surface area (Å²) < 4.78 is 11.8. The number of hydrogen-bond acceptors (Lipinski definition) is 5. The topological polar surface area (TPSA) is 84.9 Å². The summed E-state index contributed by atoms with van der Waals surface area (Å²) in [5.74, 6) is -0.594. The van der Waals surface area contributed by atoms with Crippen LogP contribution in [0.3, 0.4) is 0 Å². The predicted octanol–water partition coefficient (Wildman–Crippen LogP) is 6.05. The minimum atomic E-state index is -0.659. The molecule has 1 N–H and O–H groups in total. The van der Waals surface area contributed by atoms with Crippen LogP contribution in [0.15, 0.2) is 65.1 Å². The second-order valence-electron chi connectivity index (χ2n) is 8.53. The average molecular weight is 572 g/mol. The molecule has 0 saturated carbocycles. The second-order valence-corrected chi connectivity index (χ2v) is 9.85. The van der Waals surface area contributed by atoms with Crippen molar-refractivity contribution in [1.82, 2.24) is 0 Å². The number of aryl methyl sites for hydroxylation is 2. The van der Waals surface area contributed by atoms with E-state index in [0.717, 1.165) is 15.8 Å². The third kappa shape index (κ3) is 6.25. The quantitative estimate of drug-likeness (QED) is 0.349. The van der Waals surface area contributed by atoms with E-state index in [1.807, 2.05) is 32.0 Å². The summed E-state index contributed by atoms with van der Waals surface area (Å²) >= 11 is 9.38. The first-order valence-corrected chi connectivity index (χ1v) is 12.4. The van der Waals surface area contributed by atoms with Gasteiger partial charge in [0.25, 0.3) is 5.91 Å². The zero-order valence-electron chi connectivity index (χ0n) is 19.7. The molecule has 0 radical (unpaired) electrons. The number of nitrogens with zero attached hydrogens (tertiary/aromatic N) is 1. The lowest BCUT2D eigenvalue weighted by atomic mass is 10.1. The van der Waals surface area contributed by atoms with Crippen LogP contribution in [0, 0.1) is 19.8 Å². The Balaban J connectivity index is 1.30. The van der Waals surface area contributed by atoms with Crippen LogP contribution in [0.1, 0.15) is 17.5 Å². The van der Waals surface area contributed by atoms with Gasteiger partial charge in [-0.25, -0.2) is 0 Å². The van der Waals surface area contributed by atoms with Crippen molar-refractivity contribution in [1.29, 1.82) is 0 Å². The van der Waals surface area contributed by atoms with Gasteiger partial charge in [-0.1, -0.05) is 33.6 Å². The Hall–Kier alpha value is -3.36. The molecule has 1 aliphatic heterocycles. The molecule has 3 aromatic carbocycles. The van der Waals surface area contributed by atoms with Crippen LogP contribution in [0.4, 0.5) is 11.4 Å². The molecule has 0 bridgehead atoms. The lowest BCUT2D eigenvalue weighted by Gasteiger charge is -2.17. The number of esters is 1. The zero-order chi connectivity index (χ0) is 25.8. The Kier molecular flexibility index (Phi) is 7.96. The number of nitrogens with one attached hydrogen (secondary N) is 1. The Bertz CT molecular complexity index is 1310. The number of hydrogen-bond donors (Lipinski definition) is 1. The molecule has 2 amide bonds. The van der Waals surface area contributed by atoms with Crippen LogP contribution in [0.5, 0.6) is 11.5 Å². The van der Waals surface area contributed by atoms with E-state index >= 15 is 0 Å². The zero-order valence-corrected chi connectivity index (χ0v) is 22.1. The van der Waals surface area contributed by atoms with Crippen molar-refractivity contribution in [2.45, 2.75) is 20.3 Å². The van der Waals surface area contributed by atoms with E-state index in [1.165, 1.54) is 10.5 Å². The number of halogens is 2. The molecular weight excluding hydrogens is 548 g/mol. The van der Waals surface area contributed by atoms with Crippen LogP contribution in [-0.4, -0.2) is 30.9 Å². The number of benzene rings is 3. The van der Waals surface area contributed by atoms with Crippen LogP contribution in [0.2, 0.25) is 5.02 Å². The van der Waals surface area contributed by atoms with E-state index in [-0.39, 0.29) is 18.9 Å². The Morgan fingerprint density at radius 1 is 1.03 bits per heavy atom. The van der Waals surface area contributed by atoms with Gasteiger partial charge in [0.1, 0.15) is 11.5 Å². The number of rotatable bonds is 7. The molecule has 7 nitrogen and oxygen atoms in total. The van der Waals surface area contributed by atoms with E-state index in [9.17, 15) is 14.4 Å². The molecule has 4 rings (SSSR count). The molecule has 9 heteroatoms. The first-order chi connectivity index (χ1) is 17.2. The molecular formula is C27H24BrClN2O5. The van der Waals surface area contributed by atoms with Gasteiger partial charge in [-0.2, -0.15) is 0 Å². The monoisotopic (exact) mass is 570 g/mol. The number of anilines is 2. The van der Waals surface area contributed by atoms with Gasteiger partial charge in [-0.15, -0.1) is 0 Å². The first-order valence-electron chi connectivity index (χ1n) is 11.3. The third-order valence-corrected chi connectivity index (χ3v) is 6.68. The Morgan fingerprint density at radius 2 is 1.75 bits per heavy atom. The molecule has 0 aliphatic carbocycles. The molecule has 0 unspecified atom stereocenters. The van der Waals surface area contributed by atoms with Gasteiger partial charge in [0.05, 0.1) is 16.6 Å². The summed E-state index contributed by atoms with van der Waals surface area (Å²) in [5.41, 5.74) is 3.39. The number of ether oxygens (including phenoxy) is 2. The van der Waals surface area contributed by atoms with Crippen molar-refractivity contribution in [2.75, 3.05) is 23.4 Å². The van der Waals surface area contributed by atoms with Gasteiger partial charge in [0.2, 0.25) is 5.91 Å². The van der Waals surface area contributed by atoms with Crippen molar-refractivity contribution >= 4 is 56.7 Å². The molecule has 3 aromatic rings. The van der Waals surface area contributed by atoms with E-state index in [4.69, 9.17) is 21.1 Å². The normalized spacial score (nSPS) is 15.1. The van der Waals surface area contributed by atoms with Crippen LogP contribution >= 0.6 is 27.5 Å². The molecule has 1 atom stereocenters. The largest absolute Gasteiger partial charge is 0.457 e. The van der Waals surface area contributed by atoms with Gasteiger partial charge in [0.15, 0.2) is 6.61 Å². The number of amides is 2. The minimum absolute atomic E-state index is 0.0138. The highest BCUT2D eigenvalue weighted by atomic mass is 79.9. The van der Waals surface area contributed by atoms with Gasteiger partial charge in [-0.3, -0.25) is 14.4 Å². The highest BCUT2D eigenvalue weighted by Crippen LogP contribution is 2.30. The summed E-state index contributed by atoms with van der Waals surface area (Å²) in [5, 5.41) is 2.95. The maximum Gasteiger partial charge on any atom is 0.311 e. The van der Waals surface area contributed by atoms with Gasteiger partial charge in [0, 0.05) is 23.1 Å². The van der Waals surface area contributed by atoms with Gasteiger partial charge < -0.3 is 19.7 Å². The summed E-state index contributed by atoms with van der Waals surface area (Å²) in [6.07, 6.45) is 0.0138. The molecule has 1 heterocycles. The summed E-state index contributed by atoms with van der Waals surface area (Å²) in [6, 6.07) is 18.0. The van der Waals surface area contributed by atoms with Crippen LogP contribution in [0.25, 0.3) is 0 Å². The highest BCUT2D eigenvalue weighted by molar-refractivity contribution is 9.10. The SMILES string of the molecule is Cc1ccc(Oc2ccc(N3C[C@@H](C(=O)OCC(=O)Nc4ccc(Br)cc4Cl)CC3=O)cc2)cc1C. The lowest BCUT2D eigenvalue weighted by molar-refractivity contribution is -0.151. The lowest BCUT2D eigenvalue weighted by Crippen LogP contribution is -2.28. The Labute approximate surface area is 222 Å². The summed E-state index contributed by atoms with van der Waals surface area (Å²) in [6.45, 7) is 3.77. The van der Waals surface area contributed by atoms with Crippen LogP contribution < -0.4 is 15.0 Å². The summed E-state index contributed by atoms with van der Waals surface area (Å²) in [4.78, 5) is 38.8. The fraction of sp³-hybridized carbons (Fsp3) is 0.222. The first kappa shape index (κ1) is 25.7. The third-order valence-electron chi connectivity index (χ3n) is 5.87. The molecule has 0 spiro atoms. The van der Waals surface area contributed by atoms with E-state index in [0.29, 0.717) is 22.1 Å². The standard InChI is InChI=1S/C27H24BrClN2O5/c1-16-3-7-22(11-17(16)2)36-21-8-5-20(6-9-21)31-14-18(12-26(31)33)27(34)35-15-25(32)30-24-10-4-19(28)13-23(24)29/h3-11,13,18H,12,14-15H2,1-2H3,(H,30,32)/t18-/m0/s1. The fourth-order valence-corrected chi connectivity index (χ4v) is 4.47. The molecule has 36 heavy (non-hydrogen) atoms. The van der Waals surface area contributed by atoms with E-state index in [2.05, 4.69) is 21.2 Å². The maximum atomic E-state index is 12.6. The van der Waals surface area contributed by atoms with Gasteiger partial charge in [-0.05, 0) is 79.6 Å². The predicted molar refractivity (Wildman–Crippen MR) is 142 cm³/mol.